The molecule has 6 heteroatoms. The van der Waals surface area contributed by atoms with E-state index >= 15 is 0 Å². The Balaban J connectivity index is 1.89. The zero-order valence-electron chi connectivity index (χ0n) is 12.1. The summed E-state index contributed by atoms with van der Waals surface area (Å²) in [7, 11) is 0. The summed E-state index contributed by atoms with van der Waals surface area (Å²) < 4.78 is 27.2. The molecule has 4 nitrogen and oxygen atoms in total. The molecule has 0 saturated heterocycles. The molecule has 1 aromatic carbocycles. The summed E-state index contributed by atoms with van der Waals surface area (Å²) in [6.07, 6.45) is 5.24. The van der Waals surface area contributed by atoms with Crippen LogP contribution in [0.15, 0.2) is 30.6 Å². The van der Waals surface area contributed by atoms with Gasteiger partial charge in [-0.15, -0.1) is 0 Å². The van der Waals surface area contributed by atoms with E-state index in [4.69, 9.17) is 0 Å². The molecule has 0 unspecified atom stereocenters. The average Bonchev–Trinajstić information content (AvgIpc) is 2.44. The van der Waals surface area contributed by atoms with Crippen molar-refractivity contribution in [2.24, 2.45) is 0 Å². The van der Waals surface area contributed by atoms with Crippen molar-refractivity contribution >= 4 is 11.7 Å². The standard InChI is InChI=1S/C16H15F2N3O/c1-10(22)11-8-19-15(20-9-11)21-16(5-2-6-16)13-4-3-12(17)7-14(13)18/h3-4,7-9H,2,5-6H2,1H3,(H,19,20,21). The van der Waals surface area contributed by atoms with Crippen molar-refractivity contribution in [2.45, 2.75) is 31.7 Å². The number of nitrogens with zero attached hydrogens (tertiary/aromatic N) is 2. The Morgan fingerprint density at radius 1 is 1.23 bits per heavy atom. The smallest absolute Gasteiger partial charge is 0.223 e. The lowest BCUT2D eigenvalue weighted by Crippen LogP contribution is -2.43. The molecule has 1 heterocycles. The Morgan fingerprint density at radius 3 is 2.41 bits per heavy atom. The van der Waals surface area contributed by atoms with Gasteiger partial charge in [0, 0.05) is 24.0 Å². The molecule has 0 bridgehead atoms. The first kappa shape index (κ1) is 14.6. The van der Waals surface area contributed by atoms with Gasteiger partial charge in [-0.05, 0) is 32.3 Å². The number of carbonyl (C=O) groups excluding carboxylic acids is 1. The van der Waals surface area contributed by atoms with E-state index in [2.05, 4.69) is 15.3 Å². The zero-order chi connectivity index (χ0) is 15.7. The largest absolute Gasteiger partial charge is 0.345 e. The van der Waals surface area contributed by atoms with Crippen LogP contribution in [0, 0.1) is 11.6 Å². The molecule has 1 N–H and O–H groups in total. The number of carbonyl (C=O) groups is 1. The predicted octanol–water partition coefficient (Wildman–Crippen LogP) is 3.45. The van der Waals surface area contributed by atoms with Crippen LogP contribution in [-0.2, 0) is 5.54 Å². The lowest BCUT2D eigenvalue weighted by atomic mass is 9.71. The molecular formula is C16H15F2N3O. The number of halogens is 2. The maximum atomic E-state index is 14.1. The fraction of sp³-hybridized carbons (Fsp3) is 0.312. The van der Waals surface area contributed by atoms with Crippen LogP contribution in [-0.4, -0.2) is 15.8 Å². The molecule has 1 fully saturated rings. The first-order chi connectivity index (χ1) is 10.5. The molecule has 1 aliphatic rings. The molecule has 0 atom stereocenters. The fourth-order valence-electron chi connectivity index (χ4n) is 2.66. The highest BCUT2D eigenvalue weighted by molar-refractivity contribution is 5.93. The third-order valence-corrected chi connectivity index (χ3v) is 4.06. The van der Waals surface area contributed by atoms with Crippen LogP contribution in [0.1, 0.15) is 42.1 Å². The molecule has 0 spiro atoms. The van der Waals surface area contributed by atoms with Gasteiger partial charge in [0.1, 0.15) is 11.6 Å². The van der Waals surface area contributed by atoms with Crippen molar-refractivity contribution in [3.8, 4) is 0 Å². The number of rotatable bonds is 4. The maximum absolute atomic E-state index is 14.1. The van der Waals surface area contributed by atoms with Gasteiger partial charge in [0.2, 0.25) is 5.95 Å². The van der Waals surface area contributed by atoms with Crippen LogP contribution >= 0.6 is 0 Å². The second-order valence-corrected chi connectivity index (χ2v) is 5.54. The predicted molar refractivity (Wildman–Crippen MR) is 77.5 cm³/mol. The quantitative estimate of drug-likeness (QED) is 0.879. The van der Waals surface area contributed by atoms with Crippen LogP contribution in [0.3, 0.4) is 0 Å². The number of Topliss-reactive ketones (excluding diaryl/α,β-unsaturated/α-hetero) is 1. The van der Waals surface area contributed by atoms with Crippen molar-refractivity contribution in [3.63, 3.8) is 0 Å². The average molecular weight is 303 g/mol. The molecule has 1 aromatic heterocycles. The number of hydrogen-bond acceptors (Lipinski definition) is 4. The van der Waals surface area contributed by atoms with E-state index in [1.54, 1.807) is 0 Å². The Morgan fingerprint density at radius 2 is 1.91 bits per heavy atom. The summed E-state index contributed by atoms with van der Waals surface area (Å²) >= 11 is 0. The summed E-state index contributed by atoms with van der Waals surface area (Å²) in [5.41, 5.74) is 0.218. The molecule has 0 radical (unpaired) electrons. The van der Waals surface area contributed by atoms with Gasteiger partial charge in [0.05, 0.1) is 11.1 Å². The highest BCUT2D eigenvalue weighted by Crippen LogP contribution is 2.44. The van der Waals surface area contributed by atoms with Crippen molar-refractivity contribution in [2.75, 3.05) is 5.32 Å². The number of nitrogens with one attached hydrogen (secondary N) is 1. The van der Waals surface area contributed by atoms with E-state index in [1.165, 1.54) is 31.5 Å². The summed E-state index contributed by atoms with van der Waals surface area (Å²) in [6, 6.07) is 3.59. The van der Waals surface area contributed by atoms with Crippen molar-refractivity contribution in [3.05, 3.63) is 53.4 Å². The number of aromatic nitrogens is 2. The van der Waals surface area contributed by atoms with Gasteiger partial charge in [0.25, 0.3) is 0 Å². The van der Waals surface area contributed by atoms with Gasteiger partial charge < -0.3 is 5.32 Å². The number of benzene rings is 1. The van der Waals surface area contributed by atoms with Crippen molar-refractivity contribution in [1.82, 2.24) is 9.97 Å². The first-order valence-corrected chi connectivity index (χ1v) is 7.07. The SMILES string of the molecule is CC(=O)c1cnc(NC2(c3ccc(F)cc3F)CCC2)nc1. The van der Waals surface area contributed by atoms with Crippen LogP contribution in [0.2, 0.25) is 0 Å². The van der Waals surface area contributed by atoms with Crippen molar-refractivity contribution < 1.29 is 13.6 Å². The number of hydrogen-bond donors (Lipinski definition) is 1. The molecule has 0 amide bonds. The normalized spacial score (nSPS) is 16.0. The summed E-state index contributed by atoms with van der Waals surface area (Å²) in [5.74, 6) is -0.965. The van der Waals surface area contributed by atoms with Crippen LogP contribution in [0.25, 0.3) is 0 Å². The Bertz CT molecular complexity index is 712. The molecule has 3 rings (SSSR count). The number of anilines is 1. The minimum absolute atomic E-state index is 0.116. The number of ketones is 1. The van der Waals surface area contributed by atoms with Gasteiger partial charge in [-0.25, -0.2) is 18.7 Å². The van der Waals surface area contributed by atoms with E-state index < -0.39 is 17.2 Å². The van der Waals surface area contributed by atoms with Crippen LogP contribution < -0.4 is 5.32 Å². The van der Waals surface area contributed by atoms with E-state index in [0.717, 1.165) is 12.5 Å². The van der Waals surface area contributed by atoms with Gasteiger partial charge in [-0.1, -0.05) is 6.07 Å². The van der Waals surface area contributed by atoms with Crippen LogP contribution in [0.5, 0.6) is 0 Å². The van der Waals surface area contributed by atoms with E-state index in [9.17, 15) is 13.6 Å². The highest BCUT2D eigenvalue weighted by atomic mass is 19.1. The molecule has 114 valence electrons. The molecule has 0 aliphatic heterocycles. The fourth-order valence-corrected chi connectivity index (χ4v) is 2.66. The lowest BCUT2D eigenvalue weighted by molar-refractivity contribution is 0.101. The zero-order valence-corrected chi connectivity index (χ0v) is 12.1. The Kier molecular flexibility index (Phi) is 3.60. The second kappa shape index (κ2) is 5.44. The minimum Gasteiger partial charge on any atom is -0.345 e. The van der Waals surface area contributed by atoms with Gasteiger partial charge >= 0.3 is 0 Å². The van der Waals surface area contributed by atoms with E-state index in [-0.39, 0.29) is 5.78 Å². The van der Waals surface area contributed by atoms with Gasteiger partial charge in [0.15, 0.2) is 5.78 Å². The lowest BCUT2D eigenvalue weighted by Gasteiger charge is -2.43. The highest BCUT2D eigenvalue weighted by Gasteiger charge is 2.41. The van der Waals surface area contributed by atoms with Gasteiger partial charge in [-0.3, -0.25) is 4.79 Å². The van der Waals surface area contributed by atoms with E-state index in [0.29, 0.717) is 29.9 Å². The summed E-state index contributed by atoms with van der Waals surface area (Å²) in [5, 5.41) is 3.14. The Hall–Kier alpha value is -2.37. The molecule has 1 saturated carbocycles. The first-order valence-electron chi connectivity index (χ1n) is 7.07. The third-order valence-electron chi connectivity index (χ3n) is 4.06. The molecular weight excluding hydrogens is 288 g/mol. The third kappa shape index (κ3) is 2.56. The topological polar surface area (TPSA) is 54.9 Å². The molecule has 22 heavy (non-hydrogen) atoms. The Labute approximate surface area is 126 Å². The van der Waals surface area contributed by atoms with Crippen LogP contribution in [0.4, 0.5) is 14.7 Å². The second-order valence-electron chi connectivity index (χ2n) is 5.54. The molecule has 2 aromatic rings. The molecule has 1 aliphatic carbocycles. The van der Waals surface area contributed by atoms with E-state index in [1.807, 2.05) is 0 Å². The van der Waals surface area contributed by atoms with Gasteiger partial charge in [-0.2, -0.15) is 0 Å². The summed E-state index contributed by atoms with van der Waals surface area (Å²) in [6.45, 7) is 1.44. The monoisotopic (exact) mass is 303 g/mol. The summed E-state index contributed by atoms with van der Waals surface area (Å²) in [4.78, 5) is 19.4. The minimum atomic E-state index is -0.616. The maximum Gasteiger partial charge on any atom is 0.223 e. The van der Waals surface area contributed by atoms with Crippen molar-refractivity contribution in [1.29, 1.82) is 0 Å².